The van der Waals surface area contributed by atoms with E-state index in [4.69, 9.17) is 5.11 Å². The predicted octanol–water partition coefficient (Wildman–Crippen LogP) is 2.60. The van der Waals surface area contributed by atoms with Crippen molar-refractivity contribution >= 4 is 12.0 Å². The van der Waals surface area contributed by atoms with E-state index in [0.717, 1.165) is 38.5 Å². The molecule has 0 aromatic rings. The minimum absolute atomic E-state index is 0.0391. The van der Waals surface area contributed by atoms with Gasteiger partial charge < -0.3 is 15.3 Å². The Morgan fingerprint density at radius 3 is 2.37 bits per heavy atom. The minimum atomic E-state index is -0.829. The Balaban J connectivity index is 2.78. The van der Waals surface area contributed by atoms with Gasteiger partial charge in [0.15, 0.2) is 0 Å². The molecule has 0 aromatic heterocycles. The van der Waals surface area contributed by atoms with Crippen LogP contribution in [-0.2, 0) is 4.79 Å². The zero-order valence-electron chi connectivity index (χ0n) is 12.2. The second-order valence-electron chi connectivity index (χ2n) is 5.67. The van der Waals surface area contributed by atoms with Crippen molar-refractivity contribution in [1.82, 2.24) is 10.2 Å². The zero-order chi connectivity index (χ0) is 14.5. The maximum atomic E-state index is 12.2. The molecule has 5 heteroatoms. The Hall–Kier alpha value is -1.26. The number of carbonyl (C=O) groups is 2. The van der Waals surface area contributed by atoms with E-state index in [1.54, 1.807) is 11.9 Å². The first-order valence-corrected chi connectivity index (χ1v) is 7.17. The zero-order valence-corrected chi connectivity index (χ0v) is 12.2. The number of aliphatic carboxylic acids is 1. The van der Waals surface area contributed by atoms with Crippen molar-refractivity contribution < 1.29 is 14.7 Å². The molecule has 1 rings (SSSR count). The lowest BCUT2D eigenvalue weighted by Gasteiger charge is -2.44. The van der Waals surface area contributed by atoms with Crippen molar-refractivity contribution in [2.45, 2.75) is 70.4 Å². The molecule has 0 saturated heterocycles. The van der Waals surface area contributed by atoms with E-state index in [0.29, 0.717) is 0 Å². The fraction of sp³-hybridized carbons (Fsp3) is 0.857. The van der Waals surface area contributed by atoms with Gasteiger partial charge in [-0.3, -0.25) is 4.79 Å². The molecule has 2 amide bonds. The lowest BCUT2D eigenvalue weighted by atomic mass is 9.78. The standard InChI is InChI=1S/C14H26N2O3/c1-4-11(2)15-13(19)16(3)14(10-12(17)18)8-6-5-7-9-14/h11H,4-10H2,1-3H3,(H,15,19)(H,17,18). The van der Waals surface area contributed by atoms with E-state index < -0.39 is 11.5 Å². The van der Waals surface area contributed by atoms with E-state index in [1.165, 1.54) is 0 Å². The van der Waals surface area contributed by atoms with Gasteiger partial charge in [0.1, 0.15) is 0 Å². The van der Waals surface area contributed by atoms with Gasteiger partial charge in [0, 0.05) is 13.1 Å². The summed E-state index contributed by atoms with van der Waals surface area (Å²) in [5.74, 6) is -0.829. The monoisotopic (exact) mass is 270 g/mol. The number of carbonyl (C=O) groups excluding carboxylic acids is 1. The highest BCUT2D eigenvalue weighted by molar-refractivity contribution is 5.77. The van der Waals surface area contributed by atoms with Gasteiger partial charge in [0.2, 0.25) is 0 Å². The van der Waals surface area contributed by atoms with Crippen LogP contribution >= 0.6 is 0 Å². The lowest BCUT2D eigenvalue weighted by molar-refractivity contribution is -0.140. The first-order valence-electron chi connectivity index (χ1n) is 7.17. The summed E-state index contributed by atoms with van der Waals surface area (Å²) in [5.41, 5.74) is -0.512. The normalized spacial score (nSPS) is 19.5. The molecule has 1 saturated carbocycles. The van der Waals surface area contributed by atoms with Gasteiger partial charge in [-0.25, -0.2) is 4.79 Å². The maximum absolute atomic E-state index is 12.2. The number of carboxylic acids is 1. The molecule has 0 aromatic carbocycles. The molecule has 5 nitrogen and oxygen atoms in total. The molecule has 0 heterocycles. The summed E-state index contributed by atoms with van der Waals surface area (Å²) in [5, 5.41) is 12.0. The fourth-order valence-electron chi connectivity index (χ4n) is 2.75. The van der Waals surface area contributed by atoms with Crippen LogP contribution < -0.4 is 5.32 Å². The first-order chi connectivity index (χ1) is 8.91. The number of amides is 2. The summed E-state index contributed by atoms with van der Waals surface area (Å²) in [4.78, 5) is 25.0. The van der Waals surface area contributed by atoms with E-state index in [1.807, 2.05) is 13.8 Å². The fourth-order valence-corrected chi connectivity index (χ4v) is 2.75. The largest absolute Gasteiger partial charge is 0.481 e. The van der Waals surface area contributed by atoms with E-state index in [-0.39, 0.29) is 18.5 Å². The number of nitrogens with zero attached hydrogens (tertiary/aromatic N) is 1. The van der Waals surface area contributed by atoms with Crippen LogP contribution in [0.3, 0.4) is 0 Å². The maximum Gasteiger partial charge on any atom is 0.317 e. The van der Waals surface area contributed by atoms with Crippen LogP contribution in [0.1, 0.15) is 58.8 Å². The number of nitrogens with one attached hydrogen (secondary N) is 1. The molecule has 110 valence electrons. The van der Waals surface area contributed by atoms with E-state index in [9.17, 15) is 9.59 Å². The molecule has 0 bridgehead atoms. The molecule has 0 aliphatic heterocycles. The van der Waals surface area contributed by atoms with Crippen LogP contribution in [-0.4, -0.2) is 40.6 Å². The smallest absolute Gasteiger partial charge is 0.317 e. The van der Waals surface area contributed by atoms with E-state index >= 15 is 0 Å². The summed E-state index contributed by atoms with van der Waals surface area (Å²) in [6.45, 7) is 3.97. The number of hydrogen-bond acceptors (Lipinski definition) is 2. The van der Waals surface area contributed by atoms with Crippen molar-refractivity contribution in [1.29, 1.82) is 0 Å². The van der Waals surface area contributed by atoms with Crippen molar-refractivity contribution in [3.63, 3.8) is 0 Å². The number of urea groups is 1. The molecular formula is C14H26N2O3. The van der Waals surface area contributed by atoms with Crippen LogP contribution in [0.15, 0.2) is 0 Å². The highest BCUT2D eigenvalue weighted by atomic mass is 16.4. The topological polar surface area (TPSA) is 69.6 Å². The van der Waals surface area contributed by atoms with Crippen LogP contribution in [0.5, 0.6) is 0 Å². The second kappa shape index (κ2) is 6.78. The number of hydrogen-bond donors (Lipinski definition) is 2. The Bertz CT molecular complexity index is 325. The first kappa shape index (κ1) is 15.8. The van der Waals surface area contributed by atoms with Gasteiger partial charge in [-0.15, -0.1) is 0 Å². The highest BCUT2D eigenvalue weighted by Gasteiger charge is 2.40. The average Bonchev–Trinajstić information content (AvgIpc) is 2.37. The number of rotatable bonds is 5. The minimum Gasteiger partial charge on any atom is -0.481 e. The summed E-state index contributed by atoms with van der Waals surface area (Å²) in [6, 6.07) is -0.0436. The third-order valence-corrected chi connectivity index (χ3v) is 4.26. The summed E-state index contributed by atoms with van der Waals surface area (Å²) in [7, 11) is 1.73. The quantitative estimate of drug-likeness (QED) is 0.806. The molecule has 2 N–H and O–H groups in total. The Labute approximate surface area is 115 Å². The molecule has 1 atom stereocenters. The molecule has 1 fully saturated rings. The third kappa shape index (κ3) is 4.11. The van der Waals surface area contributed by atoms with Crippen LogP contribution in [0.4, 0.5) is 4.79 Å². The molecule has 1 aliphatic carbocycles. The SMILES string of the molecule is CCC(C)NC(=O)N(C)C1(CC(=O)O)CCCCC1. The molecule has 19 heavy (non-hydrogen) atoms. The summed E-state index contributed by atoms with van der Waals surface area (Å²) < 4.78 is 0. The van der Waals surface area contributed by atoms with Crippen molar-refractivity contribution in [3.05, 3.63) is 0 Å². The molecule has 0 radical (unpaired) electrons. The van der Waals surface area contributed by atoms with Gasteiger partial charge in [-0.1, -0.05) is 26.2 Å². The van der Waals surface area contributed by atoms with Crippen LogP contribution in [0.25, 0.3) is 0 Å². The summed E-state index contributed by atoms with van der Waals surface area (Å²) in [6.07, 6.45) is 5.58. The molecular weight excluding hydrogens is 244 g/mol. The van der Waals surface area contributed by atoms with Gasteiger partial charge in [-0.2, -0.15) is 0 Å². The molecule has 1 aliphatic rings. The predicted molar refractivity (Wildman–Crippen MR) is 74.1 cm³/mol. The van der Waals surface area contributed by atoms with Crippen LogP contribution in [0, 0.1) is 0 Å². The Morgan fingerprint density at radius 1 is 1.32 bits per heavy atom. The van der Waals surface area contributed by atoms with E-state index in [2.05, 4.69) is 5.32 Å². The van der Waals surface area contributed by atoms with Gasteiger partial charge in [0.05, 0.1) is 12.0 Å². The molecule has 0 spiro atoms. The van der Waals surface area contributed by atoms with Gasteiger partial charge in [-0.05, 0) is 26.2 Å². The average molecular weight is 270 g/mol. The lowest BCUT2D eigenvalue weighted by Crippen LogP contribution is -2.56. The second-order valence-corrected chi connectivity index (χ2v) is 5.67. The molecule has 1 unspecified atom stereocenters. The van der Waals surface area contributed by atoms with Crippen LogP contribution in [0.2, 0.25) is 0 Å². The van der Waals surface area contributed by atoms with Crippen molar-refractivity contribution in [2.24, 2.45) is 0 Å². The third-order valence-electron chi connectivity index (χ3n) is 4.26. The highest BCUT2D eigenvalue weighted by Crippen LogP contribution is 2.35. The van der Waals surface area contributed by atoms with Gasteiger partial charge >= 0.3 is 12.0 Å². The van der Waals surface area contributed by atoms with Gasteiger partial charge in [0.25, 0.3) is 0 Å². The Kier molecular flexibility index (Phi) is 5.63. The summed E-state index contributed by atoms with van der Waals surface area (Å²) >= 11 is 0. The van der Waals surface area contributed by atoms with Crippen molar-refractivity contribution in [2.75, 3.05) is 7.05 Å². The Morgan fingerprint density at radius 2 is 1.89 bits per heavy atom. The number of carboxylic acid groups (broad SMARTS) is 1. The van der Waals surface area contributed by atoms with Crippen molar-refractivity contribution in [3.8, 4) is 0 Å².